The number of sulfonamides is 1. The highest BCUT2D eigenvalue weighted by Gasteiger charge is 2.30. The molecule has 0 saturated carbocycles. The molecular weight excluding hydrogens is 462 g/mol. The lowest BCUT2D eigenvalue weighted by Crippen LogP contribution is -2.35. The summed E-state index contributed by atoms with van der Waals surface area (Å²) < 4.78 is 31.7. The van der Waals surface area contributed by atoms with Crippen molar-refractivity contribution in [1.29, 1.82) is 0 Å². The molecule has 1 aliphatic heterocycles. The third-order valence-corrected chi connectivity index (χ3v) is 9.09. The molecule has 0 saturated heterocycles. The molecule has 0 bridgehead atoms. The number of nitrogens with zero attached hydrogens (tertiary/aromatic N) is 2. The van der Waals surface area contributed by atoms with Crippen LogP contribution in [0.4, 0.5) is 5.00 Å². The van der Waals surface area contributed by atoms with Gasteiger partial charge in [-0.05, 0) is 50.1 Å². The summed E-state index contributed by atoms with van der Waals surface area (Å²) in [6.45, 7) is 10.1. The number of hydrogen-bond acceptors (Lipinski definition) is 7. The van der Waals surface area contributed by atoms with E-state index in [9.17, 15) is 18.0 Å². The van der Waals surface area contributed by atoms with Gasteiger partial charge in [0, 0.05) is 42.7 Å². The van der Waals surface area contributed by atoms with Gasteiger partial charge in [-0.2, -0.15) is 4.31 Å². The summed E-state index contributed by atoms with van der Waals surface area (Å²) in [5.41, 5.74) is 1.65. The molecule has 2 aromatic rings. The van der Waals surface area contributed by atoms with Crippen molar-refractivity contribution in [2.24, 2.45) is 0 Å². The Labute approximate surface area is 199 Å². The lowest BCUT2D eigenvalue weighted by atomic mass is 10.0. The number of methoxy groups -OCH3 is 1. The number of carbonyl (C=O) groups excluding carboxylic acids is 2. The second-order valence-electron chi connectivity index (χ2n) is 8.08. The maximum atomic E-state index is 12.9. The molecule has 0 aliphatic carbocycles. The van der Waals surface area contributed by atoms with Crippen LogP contribution >= 0.6 is 11.3 Å². The Bertz CT molecular complexity index is 1120. The van der Waals surface area contributed by atoms with Crippen molar-refractivity contribution >= 4 is 38.2 Å². The van der Waals surface area contributed by atoms with Gasteiger partial charge in [0.15, 0.2) is 0 Å². The number of rotatable bonds is 8. The minimum Gasteiger partial charge on any atom is -0.465 e. The van der Waals surface area contributed by atoms with Crippen LogP contribution < -0.4 is 5.32 Å². The number of esters is 1. The van der Waals surface area contributed by atoms with Crippen molar-refractivity contribution in [3.05, 3.63) is 45.8 Å². The van der Waals surface area contributed by atoms with E-state index in [0.717, 1.165) is 23.5 Å². The van der Waals surface area contributed by atoms with Crippen LogP contribution in [-0.4, -0.2) is 62.3 Å². The van der Waals surface area contributed by atoms with Crippen LogP contribution in [0.1, 0.15) is 58.9 Å². The largest absolute Gasteiger partial charge is 0.465 e. The van der Waals surface area contributed by atoms with E-state index in [1.54, 1.807) is 13.8 Å². The normalized spacial score (nSPS) is 14.4. The summed E-state index contributed by atoms with van der Waals surface area (Å²) in [4.78, 5) is 29.0. The van der Waals surface area contributed by atoms with E-state index in [2.05, 4.69) is 24.1 Å². The van der Waals surface area contributed by atoms with Crippen molar-refractivity contribution in [1.82, 2.24) is 9.21 Å². The van der Waals surface area contributed by atoms with Crippen LogP contribution in [0.15, 0.2) is 29.2 Å². The SMILES string of the molecule is CCN(CC)S(=O)(=O)c1ccc(C(=O)Nc2sc3c(c2C(=O)OC)CCN(C(C)C)C3)cc1. The molecule has 1 aromatic heterocycles. The van der Waals surface area contributed by atoms with Crippen LogP contribution in [-0.2, 0) is 27.7 Å². The molecule has 0 unspecified atom stereocenters. The zero-order valence-corrected chi connectivity index (χ0v) is 21.3. The van der Waals surface area contributed by atoms with Crippen molar-refractivity contribution in [2.75, 3.05) is 32.1 Å². The molecule has 0 spiro atoms. The molecule has 0 radical (unpaired) electrons. The van der Waals surface area contributed by atoms with Gasteiger partial charge in [0.1, 0.15) is 5.00 Å². The van der Waals surface area contributed by atoms with E-state index in [-0.39, 0.29) is 4.90 Å². The fourth-order valence-corrected chi connectivity index (χ4v) is 6.65. The number of amides is 1. The first-order chi connectivity index (χ1) is 15.6. The molecule has 10 heteroatoms. The number of anilines is 1. The molecule has 180 valence electrons. The molecule has 1 N–H and O–H groups in total. The predicted octanol–water partition coefficient (Wildman–Crippen LogP) is 3.58. The maximum absolute atomic E-state index is 12.9. The lowest BCUT2D eigenvalue weighted by Gasteiger charge is -2.30. The van der Waals surface area contributed by atoms with Gasteiger partial charge in [0.05, 0.1) is 17.6 Å². The van der Waals surface area contributed by atoms with Crippen LogP contribution in [0.5, 0.6) is 0 Å². The number of carbonyl (C=O) groups is 2. The quantitative estimate of drug-likeness (QED) is 0.565. The third-order valence-electron chi connectivity index (χ3n) is 5.89. The topological polar surface area (TPSA) is 96.0 Å². The van der Waals surface area contributed by atoms with Crippen molar-refractivity contribution < 1.29 is 22.7 Å². The van der Waals surface area contributed by atoms with Crippen LogP contribution in [0, 0.1) is 0 Å². The predicted molar refractivity (Wildman–Crippen MR) is 129 cm³/mol. The highest BCUT2D eigenvalue weighted by atomic mass is 32.2. The lowest BCUT2D eigenvalue weighted by molar-refractivity contribution is 0.0600. The maximum Gasteiger partial charge on any atom is 0.341 e. The zero-order chi connectivity index (χ0) is 24.3. The number of ether oxygens (including phenoxy) is 1. The van der Waals surface area contributed by atoms with E-state index in [1.807, 2.05) is 0 Å². The van der Waals surface area contributed by atoms with Crippen molar-refractivity contribution in [3.8, 4) is 0 Å². The van der Waals surface area contributed by atoms with Gasteiger partial charge >= 0.3 is 5.97 Å². The van der Waals surface area contributed by atoms with Crippen molar-refractivity contribution in [2.45, 2.75) is 51.6 Å². The van der Waals surface area contributed by atoms with E-state index in [0.29, 0.717) is 41.7 Å². The monoisotopic (exact) mass is 493 g/mol. The Morgan fingerprint density at radius 2 is 1.82 bits per heavy atom. The Morgan fingerprint density at radius 3 is 2.36 bits per heavy atom. The fourth-order valence-electron chi connectivity index (χ4n) is 3.94. The van der Waals surface area contributed by atoms with Gasteiger partial charge in [-0.3, -0.25) is 9.69 Å². The average Bonchev–Trinajstić information content (AvgIpc) is 3.16. The number of hydrogen-bond donors (Lipinski definition) is 1. The summed E-state index contributed by atoms with van der Waals surface area (Å²) in [7, 11) is -2.27. The molecule has 1 aliphatic rings. The number of nitrogens with one attached hydrogen (secondary N) is 1. The minimum atomic E-state index is -3.60. The van der Waals surface area contributed by atoms with Gasteiger partial charge in [0.2, 0.25) is 10.0 Å². The Morgan fingerprint density at radius 1 is 1.18 bits per heavy atom. The van der Waals surface area contributed by atoms with Gasteiger partial charge in [-0.1, -0.05) is 13.8 Å². The molecule has 33 heavy (non-hydrogen) atoms. The average molecular weight is 494 g/mol. The smallest absolute Gasteiger partial charge is 0.341 e. The molecule has 2 heterocycles. The van der Waals surface area contributed by atoms with Gasteiger partial charge in [0.25, 0.3) is 5.91 Å². The standard InChI is InChI=1S/C23H31N3O5S2/c1-6-26(7-2)33(29,30)17-10-8-16(9-11-17)21(27)24-22-20(23(28)31-5)18-12-13-25(15(3)4)14-19(18)32-22/h8-11,15H,6-7,12-14H2,1-5H3,(H,24,27). The van der Waals surface area contributed by atoms with E-state index in [4.69, 9.17) is 4.74 Å². The first-order valence-corrected chi connectivity index (χ1v) is 13.3. The Hall–Kier alpha value is -2.27. The fraction of sp³-hybridized carbons (Fsp3) is 0.478. The highest BCUT2D eigenvalue weighted by Crippen LogP contribution is 2.38. The zero-order valence-electron chi connectivity index (χ0n) is 19.7. The summed E-state index contributed by atoms with van der Waals surface area (Å²) in [6.07, 6.45) is 0.711. The Balaban J connectivity index is 1.86. The van der Waals surface area contributed by atoms with E-state index in [1.165, 1.54) is 47.0 Å². The Kier molecular flexibility index (Phi) is 7.94. The van der Waals surface area contributed by atoms with Gasteiger partial charge in [-0.25, -0.2) is 13.2 Å². The van der Waals surface area contributed by atoms with Crippen LogP contribution in [0.3, 0.4) is 0 Å². The number of thiophene rings is 1. The molecule has 0 atom stereocenters. The van der Waals surface area contributed by atoms with Crippen LogP contribution in [0.2, 0.25) is 0 Å². The summed E-state index contributed by atoms with van der Waals surface area (Å²) in [5, 5.41) is 3.31. The van der Waals surface area contributed by atoms with Gasteiger partial charge in [-0.15, -0.1) is 11.3 Å². The second kappa shape index (κ2) is 10.3. The molecule has 3 rings (SSSR count). The summed E-state index contributed by atoms with van der Waals surface area (Å²) >= 11 is 1.39. The summed E-state index contributed by atoms with van der Waals surface area (Å²) in [5.74, 6) is -0.882. The van der Waals surface area contributed by atoms with E-state index >= 15 is 0 Å². The highest BCUT2D eigenvalue weighted by molar-refractivity contribution is 7.89. The van der Waals surface area contributed by atoms with Crippen molar-refractivity contribution in [3.63, 3.8) is 0 Å². The number of fused-ring (bicyclic) bond motifs is 1. The van der Waals surface area contributed by atoms with Gasteiger partial charge < -0.3 is 10.1 Å². The third kappa shape index (κ3) is 5.13. The molecule has 1 amide bonds. The second-order valence-corrected chi connectivity index (χ2v) is 11.1. The number of benzene rings is 1. The summed E-state index contributed by atoms with van der Waals surface area (Å²) in [6, 6.07) is 6.22. The molecule has 0 fully saturated rings. The minimum absolute atomic E-state index is 0.137. The molecule has 1 aromatic carbocycles. The molecular formula is C23H31N3O5S2. The first kappa shape index (κ1) is 25.4. The molecule has 8 nitrogen and oxygen atoms in total. The van der Waals surface area contributed by atoms with Crippen LogP contribution in [0.25, 0.3) is 0 Å². The first-order valence-electron chi connectivity index (χ1n) is 11.0. The van der Waals surface area contributed by atoms with E-state index < -0.39 is 21.9 Å².